The van der Waals surface area contributed by atoms with Crippen LogP contribution in [0.1, 0.15) is 41.3 Å². The van der Waals surface area contributed by atoms with Crippen LogP contribution in [0, 0.1) is 5.82 Å². The molecule has 1 atom stereocenters. The minimum Gasteiger partial charge on any atom is -0.439 e. The lowest BCUT2D eigenvalue weighted by Crippen LogP contribution is -2.23. The first-order valence-corrected chi connectivity index (χ1v) is 7.52. The van der Waals surface area contributed by atoms with Crippen molar-refractivity contribution in [3.8, 4) is 0 Å². The molecular weight excluding hydrogens is 317 g/mol. The summed E-state index contributed by atoms with van der Waals surface area (Å²) in [7, 11) is 0. The number of amides is 1. The molecule has 3 heterocycles. The third kappa shape index (κ3) is 2.62. The monoisotopic (exact) mass is 331 g/mol. The molecule has 124 valence electrons. The average Bonchev–Trinajstić information content (AvgIpc) is 3.24. The Bertz CT molecular complexity index is 906. The lowest BCUT2D eigenvalue weighted by molar-refractivity contribution is 0.0987. The van der Waals surface area contributed by atoms with Gasteiger partial charge in [-0.3, -0.25) is 9.69 Å². The Morgan fingerprint density at radius 2 is 2.29 bits per heavy atom. The number of carbonyl (C=O) groups excluding carboxylic acids is 1. The highest BCUT2D eigenvalue weighted by atomic mass is 19.1. The number of fused-ring (bicyclic) bond motifs is 1. The molecule has 0 aliphatic carbocycles. The minimum atomic E-state index is -0.726. The normalized spacial score (nSPS) is 18.5. The molecule has 1 aliphatic rings. The van der Waals surface area contributed by atoms with E-state index < -0.39 is 5.91 Å². The standard InChI is InChI=1S/C15H14FN5O3/c16-8-3-4-11-9(6-8)18-12(23-11)7-21-5-1-2-10(21)15-19-14(13(17)22)20-24-15/h3-4,6,10H,1-2,5,7H2,(H2,17,22)/t10-/m0/s1. The number of rotatable bonds is 4. The highest BCUT2D eigenvalue weighted by Gasteiger charge is 2.32. The molecule has 8 nitrogen and oxygen atoms in total. The van der Waals surface area contributed by atoms with Crippen LogP contribution in [-0.4, -0.2) is 32.5 Å². The van der Waals surface area contributed by atoms with Crippen LogP contribution in [0.5, 0.6) is 0 Å². The Labute approximate surface area is 135 Å². The van der Waals surface area contributed by atoms with Crippen molar-refractivity contribution in [3.63, 3.8) is 0 Å². The van der Waals surface area contributed by atoms with Crippen LogP contribution < -0.4 is 5.73 Å². The van der Waals surface area contributed by atoms with Crippen molar-refractivity contribution in [2.75, 3.05) is 6.54 Å². The Hall–Kier alpha value is -2.81. The van der Waals surface area contributed by atoms with Crippen LogP contribution >= 0.6 is 0 Å². The molecule has 0 spiro atoms. The second-order valence-electron chi connectivity index (χ2n) is 5.67. The molecule has 2 aromatic heterocycles. The van der Waals surface area contributed by atoms with E-state index in [-0.39, 0.29) is 17.7 Å². The summed E-state index contributed by atoms with van der Waals surface area (Å²) in [5.41, 5.74) is 6.17. The number of nitrogens with zero attached hydrogens (tertiary/aromatic N) is 4. The number of halogens is 1. The first kappa shape index (κ1) is 14.8. The summed E-state index contributed by atoms with van der Waals surface area (Å²) in [5.74, 6) is -0.378. The number of likely N-dealkylation sites (tertiary alicyclic amines) is 1. The molecule has 4 rings (SSSR count). The number of carbonyl (C=O) groups is 1. The highest BCUT2D eigenvalue weighted by molar-refractivity contribution is 5.88. The largest absolute Gasteiger partial charge is 0.439 e. The maximum atomic E-state index is 13.2. The fourth-order valence-electron chi connectivity index (χ4n) is 2.96. The molecule has 1 fully saturated rings. The van der Waals surface area contributed by atoms with Gasteiger partial charge in [-0.05, 0) is 31.5 Å². The van der Waals surface area contributed by atoms with Gasteiger partial charge >= 0.3 is 0 Å². The Morgan fingerprint density at radius 1 is 1.42 bits per heavy atom. The Morgan fingerprint density at radius 3 is 3.08 bits per heavy atom. The first-order valence-electron chi connectivity index (χ1n) is 7.52. The number of benzene rings is 1. The van der Waals surface area contributed by atoms with E-state index in [0.717, 1.165) is 19.4 Å². The summed E-state index contributed by atoms with van der Waals surface area (Å²) in [4.78, 5) is 21.5. The molecule has 1 saturated heterocycles. The van der Waals surface area contributed by atoms with Crippen molar-refractivity contribution in [1.82, 2.24) is 20.0 Å². The van der Waals surface area contributed by atoms with Crippen molar-refractivity contribution in [3.05, 3.63) is 41.6 Å². The van der Waals surface area contributed by atoms with Crippen LogP contribution in [0.3, 0.4) is 0 Å². The zero-order chi connectivity index (χ0) is 16.7. The number of nitrogens with two attached hydrogens (primary N) is 1. The second-order valence-corrected chi connectivity index (χ2v) is 5.67. The Kier molecular flexibility index (Phi) is 3.49. The molecule has 0 bridgehead atoms. The molecule has 3 aromatic rings. The van der Waals surface area contributed by atoms with E-state index in [1.54, 1.807) is 6.07 Å². The smallest absolute Gasteiger partial charge is 0.290 e. The van der Waals surface area contributed by atoms with Gasteiger partial charge in [0.05, 0.1) is 12.6 Å². The lowest BCUT2D eigenvalue weighted by atomic mass is 10.2. The molecule has 1 aromatic carbocycles. The molecule has 2 N–H and O–H groups in total. The fourth-order valence-corrected chi connectivity index (χ4v) is 2.96. The summed E-state index contributed by atoms with van der Waals surface area (Å²) in [5, 5.41) is 3.58. The topological polar surface area (TPSA) is 111 Å². The van der Waals surface area contributed by atoms with Gasteiger partial charge in [-0.15, -0.1) is 0 Å². The van der Waals surface area contributed by atoms with E-state index >= 15 is 0 Å². The third-order valence-electron chi connectivity index (χ3n) is 4.04. The fraction of sp³-hybridized carbons (Fsp3) is 0.333. The van der Waals surface area contributed by atoms with Gasteiger partial charge in [0, 0.05) is 6.07 Å². The third-order valence-corrected chi connectivity index (χ3v) is 4.04. The molecular formula is C15H14FN5O3. The van der Waals surface area contributed by atoms with E-state index in [9.17, 15) is 9.18 Å². The number of oxazole rings is 1. The molecule has 0 radical (unpaired) electrons. The van der Waals surface area contributed by atoms with Crippen molar-refractivity contribution in [2.45, 2.75) is 25.4 Å². The van der Waals surface area contributed by atoms with Gasteiger partial charge < -0.3 is 14.7 Å². The van der Waals surface area contributed by atoms with Gasteiger partial charge in [0.25, 0.3) is 11.7 Å². The summed E-state index contributed by atoms with van der Waals surface area (Å²) < 4.78 is 24.0. The average molecular weight is 331 g/mol. The van der Waals surface area contributed by atoms with Crippen LogP contribution in [0.4, 0.5) is 4.39 Å². The SMILES string of the molecule is NC(=O)c1noc([C@@H]2CCCN2Cc2nc3cc(F)ccc3o2)n1. The number of hydrogen-bond acceptors (Lipinski definition) is 7. The number of aromatic nitrogens is 3. The zero-order valence-corrected chi connectivity index (χ0v) is 12.6. The molecule has 24 heavy (non-hydrogen) atoms. The highest BCUT2D eigenvalue weighted by Crippen LogP contribution is 2.32. The number of primary amides is 1. The molecule has 1 aliphatic heterocycles. The lowest BCUT2D eigenvalue weighted by Gasteiger charge is -2.19. The molecule has 0 saturated carbocycles. The first-order chi connectivity index (χ1) is 11.6. The van der Waals surface area contributed by atoms with E-state index in [4.69, 9.17) is 14.7 Å². The van der Waals surface area contributed by atoms with Gasteiger partial charge in [0.1, 0.15) is 11.3 Å². The van der Waals surface area contributed by atoms with Gasteiger partial charge in [-0.2, -0.15) is 4.98 Å². The quantitative estimate of drug-likeness (QED) is 0.775. The summed E-state index contributed by atoms with van der Waals surface area (Å²) >= 11 is 0. The van der Waals surface area contributed by atoms with Crippen molar-refractivity contribution in [2.24, 2.45) is 5.73 Å². The second kappa shape index (κ2) is 5.68. The van der Waals surface area contributed by atoms with Gasteiger partial charge in [-0.1, -0.05) is 5.16 Å². The summed E-state index contributed by atoms with van der Waals surface area (Å²) in [6, 6.07) is 4.10. The Balaban J connectivity index is 1.56. The molecule has 0 unspecified atom stereocenters. The summed E-state index contributed by atoms with van der Waals surface area (Å²) in [6.07, 6.45) is 1.75. The van der Waals surface area contributed by atoms with Crippen molar-refractivity contribution < 1.29 is 18.1 Å². The summed E-state index contributed by atoms with van der Waals surface area (Å²) in [6.45, 7) is 1.22. The van der Waals surface area contributed by atoms with Crippen LogP contribution in [0.2, 0.25) is 0 Å². The van der Waals surface area contributed by atoms with Crippen molar-refractivity contribution >= 4 is 17.0 Å². The minimum absolute atomic E-state index is 0.127. The van der Waals surface area contributed by atoms with E-state index in [1.807, 2.05) is 0 Å². The zero-order valence-electron chi connectivity index (χ0n) is 12.6. The van der Waals surface area contributed by atoms with Gasteiger partial charge in [0.15, 0.2) is 5.58 Å². The molecule has 1 amide bonds. The maximum Gasteiger partial charge on any atom is 0.290 e. The predicted octanol–water partition coefficient (Wildman–Crippen LogP) is 1.79. The van der Waals surface area contributed by atoms with E-state index in [0.29, 0.717) is 29.4 Å². The predicted molar refractivity (Wildman–Crippen MR) is 79.2 cm³/mol. The van der Waals surface area contributed by atoms with Crippen molar-refractivity contribution in [1.29, 1.82) is 0 Å². The van der Waals surface area contributed by atoms with Gasteiger partial charge in [-0.25, -0.2) is 9.37 Å². The maximum absolute atomic E-state index is 13.2. The molecule has 9 heteroatoms. The van der Waals surface area contributed by atoms with E-state index in [1.165, 1.54) is 12.1 Å². The number of hydrogen-bond donors (Lipinski definition) is 1. The van der Waals surface area contributed by atoms with Gasteiger partial charge in [0.2, 0.25) is 11.8 Å². The van der Waals surface area contributed by atoms with E-state index in [2.05, 4.69) is 20.0 Å². The van der Waals surface area contributed by atoms with Crippen LogP contribution in [0.25, 0.3) is 11.1 Å². The van der Waals surface area contributed by atoms with Crippen LogP contribution in [0.15, 0.2) is 27.1 Å². The van der Waals surface area contributed by atoms with Crippen LogP contribution in [-0.2, 0) is 6.54 Å².